The Labute approximate surface area is 201 Å². The van der Waals surface area contributed by atoms with Crippen molar-refractivity contribution in [2.45, 2.75) is 52.0 Å². The van der Waals surface area contributed by atoms with Crippen molar-refractivity contribution in [3.63, 3.8) is 0 Å². The first-order valence-corrected chi connectivity index (χ1v) is 12.0. The Morgan fingerprint density at radius 3 is 2.15 bits per heavy atom. The minimum atomic E-state index is -0.937. The van der Waals surface area contributed by atoms with Gasteiger partial charge in [-0.3, -0.25) is 9.59 Å². The number of aliphatic carboxylic acids is 1. The number of benzene rings is 2. The van der Waals surface area contributed by atoms with E-state index in [1.165, 1.54) is 4.90 Å². The third kappa shape index (κ3) is 5.95. The smallest absolute Gasteiger partial charge is 0.407 e. The summed E-state index contributed by atoms with van der Waals surface area (Å²) in [5.74, 6) is -1.79. The molecular weight excluding hydrogens is 432 g/mol. The Bertz CT molecular complexity index is 976. The van der Waals surface area contributed by atoms with Crippen molar-refractivity contribution < 1.29 is 24.2 Å². The Kier molecular flexibility index (Phi) is 8.68. The number of hydrogen-bond donors (Lipinski definition) is 2. The molecule has 0 radical (unpaired) electrons. The molecule has 2 amide bonds. The van der Waals surface area contributed by atoms with Gasteiger partial charge in [0.15, 0.2) is 0 Å². The van der Waals surface area contributed by atoms with Gasteiger partial charge in [-0.1, -0.05) is 68.8 Å². The van der Waals surface area contributed by atoms with E-state index in [4.69, 9.17) is 9.84 Å². The summed E-state index contributed by atoms with van der Waals surface area (Å²) in [6.07, 6.45) is 0.981. The van der Waals surface area contributed by atoms with Crippen LogP contribution in [0.2, 0.25) is 0 Å². The molecule has 0 saturated carbocycles. The summed E-state index contributed by atoms with van der Waals surface area (Å²) in [4.78, 5) is 38.1. The highest BCUT2D eigenvalue weighted by Gasteiger charge is 2.29. The van der Waals surface area contributed by atoms with Crippen LogP contribution in [0.5, 0.6) is 0 Å². The molecule has 182 valence electrons. The van der Waals surface area contributed by atoms with Gasteiger partial charge in [0.2, 0.25) is 5.91 Å². The Balaban J connectivity index is 1.60. The Morgan fingerprint density at radius 1 is 1.03 bits per heavy atom. The third-order valence-electron chi connectivity index (χ3n) is 6.37. The van der Waals surface area contributed by atoms with E-state index in [0.29, 0.717) is 13.0 Å². The van der Waals surface area contributed by atoms with Gasteiger partial charge in [0, 0.05) is 31.5 Å². The van der Waals surface area contributed by atoms with Crippen molar-refractivity contribution in [3.05, 3.63) is 59.7 Å². The van der Waals surface area contributed by atoms with E-state index in [9.17, 15) is 14.4 Å². The van der Waals surface area contributed by atoms with E-state index in [1.54, 1.807) is 6.92 Å². The second-order valence-electron chi connectivity index (χ2n) is 8.83. The van der Waals surface area contributed by atoms with E-state index >= 15 is 0 Å². The molecule has 0 aliphatic heterocycles. The maximum Gasteiger partial charge on any atom is 0.407 e. The summed E-state index contributed by atoms with van der Waals surface area (Å²) in [5, 5.41) is 12.0. The number of carbonyl (C=O) groups excluding carboxylic acids is 2. The number of alkyl carbamates (subject to hydrolysis) is 1. The van der Waals surface area contributed by atoms with Gasteiger partial charge in [-0.25, -0.2) is 4.79 Å². The van der Waals surface area contributed by atoms with Gasteiger partial charge in [0.1, 0.15) is 6.61 Å². The third-order valence-corrected chi connectivity index (χ3v) is 6.37. The minimum Gasteiger partial charge on any atom is -0.481 e. The lowest BCUT2D eigenvalue weighted by Crippen LogP contribution is -2.43. The fourth-order valence-electron chi connectivity index (χ4n) is 4.54. The van der Waals surface area contributed by atoms with Crippen molar-refractivity contribution in [2.24, 2.45) is 5.92 Å². The van der Waals surface area contributed by atoms with Crippen LogP contribution in [0, 0.1) is 5.92 Å². The molecule has 1 aliphatic carbocycles. The first-order valence-electron chi connectivity index (χ1n) is 12.0. The van der Waals surface area contributed by atoms with Gasteiger partial charge >= 0.3 is 12.1 Å². The van der Waals surface area contributed by atoms with Crippen LogP contribution in [-0.2, 0) is 14.3 Å². The molecule has 7 heteroatoms. The second-order valence-corrected chi connectivity index (χ2v) is 8.83. The SMILES string of the molecule is CCCC(CC(=O)N(CC)CC(C)C(=O)O)NC(=O)OCC1c2ccccc2-c2ccccc21. The zero-order valence-electron chi connectivity index (χ0n) is 20.1. The number of rotatable bonds is 11. The predicted octanol–water partition coefficient (Wildman–Crippen LogP) is 4.65. The van der Waals surface area contributed by atoms with Gasteiger partial charge in [-0.05, 0) is 35.6 Å². The summed E-state index contributed by atoms with van der Waals surface area (Å²) < 4.78 is 5.63. The highest BCUT2D eigenvalue weighted by Crippen LogP contribution is 2.44. The number of carbonyl (C=O) groups is 3. The number of amides is 2. The number of fused-ring (bicyclic) bond motifs is 3. The van der Waals surface area contributed by atoms with Crippen molar-refractivity contribution in [2.75, 3.05) is 19.7 Å². The van der Waals surface area contributed by atoms with E-state index in [2.05, 4.69) is 29.6 Å². The lowest BCUT2D eigenvalue weighted by molar-refractivity contribution is -0.143. The normalized spacial score (nSPS) is 14.0. The number of carboxylic acids is 1. The summed E-state index contributed by atoms with van der Waals surface area (Å²) in [6, 6.07) is 15.9. The molecule has 34 heavy (non-hydrogen) atoms. The van der Waals surface area contributed by atoms with Gasteiger partial charge in [0.25, 0.3) is 0 Å². The molecule has 2 atom stereocenters. The maximum absolute atomic E-state index is 12.8. The van der Waals surface area contributed by atoms with Crippen LogP contribution in [0.25, 0.3) is 11.1 Å². The van der Waals surface area contributed by atoms with Crippen LogP contribution in [0.4, 0.5) is 4.79 Å². The van der Waals surface area contributed by atoms with E-state index < -0.39 is 18.0 Å². The number of ether oxygens (including phenoxy) is 1. The van der Waals surface area contributed by atoms with E-state index in [0.717, 1.165) is 28.7 Å². The molecule has 0 aromatic heterocycles. The molecule has 0 bridgehead atoms. The van der Waals surface area contributed by atoms with Crippen molar-refractivity contribution in [1.82, 2.24) is 10.2 Å². The predicted molar refractivity (Wildman–Crippen MR) is 131 cm³/mol. The summed E-state index contributed by atoms with van der Waals surface area (Å²) in [7, 11) is 0. The first-order chi connectivity index (χ1) is 16.3. The maximum atomic E-state index is 12.8. The summed E-state index contributed by atoms with van der Waals surface area (Å²) in [6.45, 7) is 6.16. The molecule has 2 aromatic rings. The topological polar surface area (TPSA) is 95.9 Å². The summed E-state index contributed by atoms with van der Waals surface area (Å²) >= 11 is 0. The lowest BCUT2D eigenvalue weighted by atomic mass is 9.98. The van der Waals surface area contributed by atoms with Crippen LogP contribution in [0.15, 0.2) is 48.5 Å². The minimum absolute atomic E-state index is 0.0301. The van der Waals surface area contributed by atoms with Crippen LogP contribution >= 0.6 is 0 Å². The van der Waals surface area contributed by atoms with Crippen molar-refractivity contribution in [1.29, 1.82) is 0 Å². The highest BCUT2D eigenvalue weighted by atomic mass is 16.5. The molecule has 2 unspecified atom stereocenters. The second kappa shape index (κ2) is 11.7. The molecule has 2 aromatic carbocycles. The number of nitrogens with zero attached hydrogens (tertiary/aromatic N) is 1. The number of nitrogens with one attached hydrogen (secondary N) is 1. The highest BCUT2D eigenvalue weighted by molar-refractivity contribution is 5.80. The van der Waals surface area contributed by atoms with Crippen LogP contribution in [0.3, 0.4) is 0 Å². The van der Waals surface area contributed by atoms with Crippen molar-refractivity contribution in [3.8, 4) is 11.1 Å². The fourth-order valence-corrected chi connectivity index (χ4v) is 4.54. The molecule has 0 heterocycles. The zero-order valence-corrected chi connectivity index (χ0v) is 20.1. The Hall–Kier alpha value is -3.35. The van der Waals surface area contributed by atoms with Gasteiger partial charge < -0.3 is 20.1 Å². The molecule has 0 fully saturated rings. The largest absolute Gasteiger partial charge is 0.481 e. The van der Waals surface area contributed by atoms with Crippen LogP contribution < -0.4 is 5.32 Å². The molecule has 7 nitrogen and oxygen atoms in total. The molecule has 0 spiro atoms. The number of carboxylic acid groups (broad SMARTS) is 1. The fraction of sp³-hybridized carbons (Fsp3) is 0.444. The molecular formula is C27H34N2O5. The molecule has 0 saturated heterocycles. The molecule has 1 aliphatic rings. The average Bonchev–Trinajstić information content (AvgIpc) is 3.14. The lowest BCUT2D eigenvalue weighted by Gasteiger charge is -2.26. The Morgan fingerprint density at radius 2 is 1.62 bits per heavy atom. The van der Waals surface area contributed by atoms with Crippen molar-refractivity contribution >= 4 is 18.0 Å². The first kappa shape index (κ1) is 25.3. The van der Waals surface area contributed by atoms with Gasteiger partial charge in [0.05, 0.1) is 5.92 Å². The monoisotopic (exact) mass is 466 g/mol. The van der Waals surface area contributed by atoms with E-state index in [1.807, 2.05) is 38.1 Å². The average molecular weight is 467 g/mol. The summed E-state index contributed by atoms with van der Waals surface area (Å²) in [5.41, 5.74) is 4.61. The molecule has 2 N–H and O–H groups in total. The van der Waals surface area contributed by atoms with Gasteiger partial charge in [-0.2, -0.15) is 0 Å². The van der Waals surface area contributed by atoms with Crippen LogP contribution in [-0.4, -0.2) is 53.7 Å². The van der Waals surface area contributed by atoms with E-state index in [-0.39, 0.29) is 37.4 Å². The number of hydrogen-bond acceptors (Lipinski definition) is 4. The van der Waals surface area contributed by atoms with Gasteiger partial charge in [-0.15, -0.1) is 0 Å². The van der Waals surface area contributed by atoms with Crippen LogP contribution in [0.1, 0.15) is 57.1 Å². The molecule has 3 rings (SSSR count). The zero-order chi connectivity index (χ0) is 24.7. The quantitative estimate of drug-likeness (QED) is 0.502. The standard InChI is InChI=1S/C27H34N2O5/c1-4-10-19(15-25(30)29(5-2)16-18(3)26(31)32)28-27(33)34-17-24-22-13-8-6-11-20(22)21-12-7-9-14-23(21)24/h6-9,11-14,18-19,24H,4-5,10,15-17H2,1-3H3,(H,28,33)(H,31,32).